The summed E-state index contributed by atoms with van der Waals surface area (Å²) in [5, 5.41) is -0.405. The second kappa shape index (κ2) is 7.71. The molecule has 0 radical (unpaired) electrons. The summed E-state index contributed by atoms with van der Waals surface area (Å²) < 4.78 is 16.2. The van der Waals surface area contributed by atoms with Crippen LogP contribution < -0.4 is 0 Å². The summed E-state index contributed by atoms with van der Waals surface area (Å²) in [6.45, 7) is 8.35. The number of rotatable bonds is 3. The van der Waals surface area contributed by atoms with Crippen LogP contribution in [0.4, 0.5) is 0 Å². The van der Waals surface area contributed by atoms with Crippen LogP contribution in [0.25, 0.3) is 0 Å². The number of carbonyl (C=O) groups is 3. The average Bonchev–Trinajstić information content (AvgIpc) is 3.32. The molecule has 1 aromatic heterocycles. The number of fused-ring (bicyclic) bond motifs is 6. The molecular formula is C27H33ClO6. The Labute approximate surface area is 205 Å². The molecule has 1 aliphatic heterocycles. The van der Waals surface area contributed by atoms with Crippen LogP contribution in [-0.2, 0) is 23.9 Å². The minimum atomic E-state index is -0.731. The van der Waals surface area contributed by atoms with Gasteiger partial charge < -0.3 is 13.9 Å². The molecule has 3 fully saturated rings. The van der Waals surface area contributed by atoms with Crippen molar-refractivity contribution in [2.45, 2.75) is 64.9 Å². The van der Waals surface area contributed by atoms with Crippen LogP contribution in [0.15, 0.2) is 34.7 Å². The number of halogens is 1. The summed E-state index contributed by atoms with van der Waals surface area (Å²) in [5.41, 5.74) is 0.354. The SMILES string of the molecule is COC(=O)C[C@H]1C(C)(C)C(Cl)[C@@H]2CC3C4=CC(=O)O[C@@H](c5ccoc5)[C@]4(C)CCC3[C@@]1(C)C2=O. The van der Waals surface area contributed by atoms with E-state index in [0.29, 0.717) is 6.42 Å². The Kier molecular flexibility index (Phi) is 5.36. The number of hydrogen-bond donors (Lipinski definition) is 0. The number of esters is 2. The largest absolute Gasteiger partial charge is 0.472 e. The maximum Gasteiger partial charge on any atom is 0.331 e. The normalized spacial score (nSPS) is 42.7. The molecule has 0 saturated heterocycles. The van der Waals surface area contributed by atoms with Gasteiger partial charge in [0.1, 0.15) is 11.9 Å². The fourth-order valence-electron chi connectivity index (χ4n) is 8.13. The highest BCUT2D eigenvalue weighted by molar-refractivity contribution is 6.23. The number of alkyl halides is 1. The standard InChI is InChI=1S/C27H33ClO6/c1-25(2)19(12-20(29)32-5)27(4)17-6-8-26(3)18(15(17)10-16(22(25)28)23(27)31)11-21(30)34-24(26)14-7-9-33-13-14/h7,9,11,13,15-17,19,22,24H,6,8,10,12H2,1-5H3/t15?,16-,17?,19-,22?,24-,26+,27+/m0/s1. The molecule has 1 aromatic rings. The van der Waals surface area contributed by atoms with Gasteiger partial charge in [0.05, 0.1) is 19.6 Å². The zero-order valence-corrected chi connectivity index (χ0v) is 21.2. The van der Waals surface area contributed by atoms with Gasteiger partial charge in [0, 0.05) is 40.2 Å². The van der Waals surface area contributed by atoms with E-state index < -0.39 is 22.3 Å². The first-order chi connectivity index (χ1) is 16.0. The Morgan fingerprint density at radius 3 is 2.59 bits per heavy atom. The molecule has 0 N–H and O–H groups in total. The van der Waals surface area contributed by atoms with Gasteiger partial charge in [-0.1, -0.05) is 27.7 Å². The highest BCUT2D eigenvalue weighted by Crippen LogP contribution is 2.69. The molecule has 5 rings (SSSR count). The van der Waals surface area contributed by atoms with Crippen molar-refractivity contribution in [3.63, 3.8) is 0 Å². The number of carbonyl (C=O) groups excluding carboxylic acids is 3. The second-order valence-electron chi connectivity index (χ2n) is 11.7. The quantitative estimate of drug-likeness (QED) is 0.426. The number of furan rings is 1. The molecule has 0 aromatic carbocycles. The maximum atomic E-state index is 14.0. The molecule has 184 valence electrons. The van der Waals surface area contributed by atoms with Crippen molar-refractivity contribution in [2.75, 3.05) is 7.11 Å². The zero-order chi connectivity index (χ0) is 24.6. The van der Waals surface area contributed by atoms with E-state index in [2.05, 4.69) is 20.8 Å². The minimum Gasteiger partial charge on any atom is -0.472 e. The summed E-state index contributed by atoms with van der Waals surface area (Å²) in [6.07, 6.45) is 6.81. The molecule has 3 unspecified atom stereocenters. The van der Waals surface area contributed by atoms with Gasteiger partial charge in [-0.05, 0) is 54.1 Å². The number of ether oxygens (including phenoxy) is 2. The van der Waals surface area contributed by atoms with E-state index in [0.717, 1.165) is 24.0 Å². The van der Waals surface area contributed by atoms with E-state index in [4.69, 9.17) is 25.5 Å². The van der Waals surface area contributed by atoms with Gasteiger partial charge in [-0.3, -0.25) is 9.59 Å². The molecule has 7 heteroatoms. The fourth-order valence-corrected chi connectivity index (χ4v) is 8.50. The first kappa shape index (κ1) is 23.7. The summed E-state index contributed by atoms with van der Waals surface area (Å²) >= 11 is 7.04. The number of hydrogen-bond acceptors (Lipinski definition) is 6. The lowest BCUT2D eigenvalue weighted by Crippen LogP contribution is -2.66. The molecule has 3 saturated carbocycles. The maximum absolute atomic E-state index is 14.0. The third-order valence-corrected chi connectivity index (χ3v) is 10.7. The van der Waals surface area contributed by atoms with E-state index >= 15 is 0 Å². The van der Waals surface area contributed by atoms with E-state index in [9.17, 15) is 14.4 Å². The van der Waals surface area contributed by atoms with Crippen LogP contribution >= 0.6 is 11.6 Å². The Hall–Kier alpha value is -2.08. The van der Waals surface area contributed by atoms with Gasteiger partial charge in [0.25, 0.3) is 0 Å². The monoisotopic (exact) mass is 488 g/mol. The molecule has 6 nitrogen and oxygen atoms in total. The molecule has 8 atom stereocenters. The topological polar surface area (TPSA) is 82.8 Å². The lowest BCUT2D eigenvalue weighted by molar-refractivity contribution is -0.178. The molecule has 2 bridgehead atoms. The van der Waals surface area contributed by atoms with Crippen molar-refractivity contribution in [3.05, 3.63) is 35.8 Å². The van der Waals surface area contributed by atoms with Gasteiger partial charge in [-0.2, -0.15) is 0 Å². The van der Waals surface area contributed by atoms with Crippen LogP contribution in [0.2, 0.25) is 0 Å². The van der Waals surface area contributed by atoms with Crippen LogP contribution in [0.3, 0.4) is 0 Å². The molecular weight excluding hydrogens is 456 g/mol. The predicted octanol–water partition coefficient (Wildman–Crippen LogP) is 5.26. The third kappa shape index (κ3) is 3.03. The van der Waals surface area contributed by atoms with Gasteiger partial charge in [0.2, 0.25) is 0 Å². The van der Waals surface area contributed by atoms with Crippen LogP contribution in [0.1, 0.15) is 65.0 Å². The smallest absolute Gasteiger partial charge is 0.331 e. The second-order valence-corrected chi connectivity index (χ2v) is 12.2. The third-order valence-electron chi connectivity index (χ3n) is 9.88. The summed E-state index contributed by atoms with van der Waals surface area (Å²) in [5.74, 6) is -1.06. The Morgan fingerprint density at radius 2 is 1.94 bits per heavy atom. The first-order valence-electron chi connectivity index (χ1n) is 12.2. The highest BCUT2D eigenvalue weighted by atomic mass is 35.5. The predicted molar refractivity (Wildman–Crippen MR) is 125 cm³/mol. The Balaban J connectivity index is 1.61. The van der Waals surface area contributed by atoms with Crippen molar-refractivity contribution in [3.8, 4) is 0 Å². The molecule has 3 aliphatic carbocycles. The number of Topliss-reactive ketones (excluding diaryl/α,β-unsaturated/α-hetero) is 1. The summed E-state index contributed by atoms with van der Waals surface area (Å²) in [6, 6.07) is 1.85. The highest BCUT2D eigenvalue weighted by Gasteiger charge is 2.69. The van der Waals surface area contributed by atoms with E-state index in [-0.39, 0.29) is 53.2 Å². The Morgan fingerprint density at radius 1 is 1.21 bits per heavy atom. The summed E-state index contributed by atoms with van der Waals surface area (Å²) in [7, 11) is 1.38. The zero-order valence-electron chi connectivity index (χ0n) is 20.4. The van der Waals surface area contributed by atoms with Crippen molar-refractivity contribution >= 4 is 29.3 Å². The van der Waals surface area contributed by atoms with Gasteiger partial charge in [0.15, 0.2) is 0 Å². The molecule has 4 aliphatic rings. The van der Waals surface area contributed by atoms with E-state index in [1.54, 1.807) is 18.6 Å². The van der Waals surface area contributed by atoms with Crippen LogP contribution in [0.5, 0.6) is 0 Å². The average molecular weight is 489 g/mol. The molecule has 2 heterocycles. The van der Waals surface area contributed by atoms with Crippen LogP contribution in [0, 0.1) is 39.9 Å². The van der Waals surface area contributed by atoms with E-state index in [1.165, 1.54) is 7.11 Å². The lowest BCUT2D eigenvalue weighted by atomic mass is 9.39. The van der Waals surface area contributed by atoms with Crippen molar-refractivity contribution < 1.29 is 28.3 Å². The number of cyclic esters (lactones) is 1. The van der Waals surface area contributed by atoms with E-state index in [1.807, 2.05) is 13.0 Å². The van der Waals surface area contributed by atoms with Crippen molar-refractivity contribution in [1.29, 1.82) is 0 Å². The Bertz CT molecular complexity index is 1060. The van der Waals surface area contributed by atoms with Gasteiger partial charge >= 0.3 is 11.9 Å². The van der Waals surface area contributed by atoms with Crippen LogP contribution in [-0.4, -0.2) is 30.2 Å². The molecule has 0 spiro atoms. The summed E-state index contributed by atoms with van der Waals surface area (Å²) in [4.78, 5) is 39.2. The number of methoxy groups -OCH3 is 1. The molecule has 0 amide bonds. The fraction of sp³-hybridized carbons (Fsp3) is 0.667. The minimum absolute atomic E-state index is 0.0181. The van der Waals surface area contributed by atoms with Crippen molar-refractivity contribution in [1.82, 2.24) is 0 Å². The lowest BCUT2D eigenvalue weighted by Gasteiger charge is -2.65. The van der Waals surface area contributed by atoms with Gasteiger partial charge in [-0.25, -0.2) is 4.79 Å². The van der Waals surface area contributed by atoms with Gasteiger partial charge in [-0.15, -0.1) is 11.6 Å². The number of ketones is 1. The van der Waals surface area contributed by atoms with Crippen molar-refractivity contribution in [2.24, 2.45) is 39.9 Å². The molecule has 34 heavy (non-hydrogen) atoms. The first-order valence-corrected chi connectivity index (χ1v) is 12.6.